The quantitative estimate of drug-likeness (QED) is 0.297. The fourth-order valence-corrected chi connectivity index (χ4v) is 1.05. The lowest BCUT2D eigenvalue weighted by molar-refractivity contribution is -0.657. The van der Waals surface area contributed by atoms with Crippen molar-refractivity contribution >= 4 is 11.7 Å². The summed E-state index contributed by atoms with van der Waals surface area (Å²) in [5.74, 6) is -1.34. The Balaban J connectivity index is 0.000000399. The number of nitrogens with two attached hydrogens (primary N) is 1. The van der Waals surface area contributed by atoms with Crippen LogP contribution in [0.15, 0.2) is 24.3 Å². The van der Waals surface area contributed by atoms with Crippen LogP contribution in [0.3, 0.4) is 0 Å². The van der Waals surface area contributed by atoms with E-state index in [4.69, 9.17) is 10.2 Å². The number of carbonyl (C=O) groups is 1. The fraction of sp³-hybridized carbons (Fsp3) is 0.364. The van der Waals surface area contributed by atoms with Crippen molar-refractivity contribution in [1.29, 1.82) is 0 Å². The van der Waals surface area contributed by atoms with Gasteiger partial charge in [-0.3, -0.25) is 10.1 Å². The van der Waals surface area contributed by atoms with E-state index >= 15 is 0 Å². The molecule has 0 aliphatic rings. The minimum atomic E-state index is -1.34. The molecule has 1 aromatic rings. The maximum atomic E-state index is 10.2. The lowest BCUT2D eigenvalue weighted by atomic mass is 10.2. The molecule has 0 aliphatic carbocycles. The Morgan fingerprint density at radius 1 is 1.16 bits per heavy atom. The van der Waals surface area contributed by atoms with Crippen LogP contribution in [0.1, 0.15) is 10.4 Å². The molecule has 19 heavy (non-hydrogen) atoms. The van der Waals surface area contributed by atoms with Gasteiger partial charge in [-0.25, -0.2) is 0 Å². The second-order valence-electron chi connectivity index (χ2n) is 3.40. The highest BCUT2D eigenvalue weighted by Gasteiger charge is 2.03. The average Bonchev–Trinajstić information content (AvgIpc) is 2.40. The molecule has 1 aromatic carbocycles. The molecule has 0 radical (unpaired) electrons. The van der Waals surface area contributed by atoms with Crippen molar-refractivity contribution in [3.8, 4) is 0 Å². The normalized spacial score (nSPS) is 9.37. The first-order chi connectivity index (χ1) is 9.02. The summed E-state index contributed by atoms with van der Waals surface area (Å²) in [4.78, 5) is 19.7. The zero-order valence-corrected chi connectivity index (χ0v) is 10.2. The van der Waals surface area contributed by atoms with Gasteiger partial charge >= 0.3 is 0 Å². The van der Waals surface area contributed by atoms with Crippen LogP contribution in [0.4, 0.5) is 5.69 Å². The van der Waals surface area contributed by atoms with Gasteiger partial charge in [-0.15, -0.1) is 0 Å². The molecule has 0 fully saturated rings. The highest BCUT2D eigenvalue weighted by molar-refractivity contribution is 5.85. The first kappa shape index (κ1) is 17.0. The monoisotopic (exact) mass is 272 g/mol. The molecule has 0 aliphatic heterocycles. The number of aliphatic hydroxyl groups excluding tert-OH is 2. The Morgan fingerprint density at radius 2 is 1.63 bits per heavy atom. The Morgan fingerprint density at radius 3 is 1.95 bits per heavy atom. The van der Waals surface area contributed by atoms with E-state index in [0.29, 0.717) is 13.1 Å². The van der Waals surface area contributed by atoms with Crippen molar-refractivity contribution in [2.45, 2.75) is 0 Å². The van der Waals surface area contributed by atoms with Gasteiger partial charge in [-0.1, -0.05) is 0 Å². The Kier molecular flexibility index (Phi) is 8.88. The van der Waals surface area contributed by atoms with Crippen molar-refractivity contribution in [3.05, 3.63) is 39.9 Å². The number of aliphatic hydroxyl groups is 2. The van der Waals surface area contributed by atoms with E-state index in [-0.39, 0.29) is 24.5 Å². The Hall–Kier alpha value is -2.03. The number of rotatable bonds is 6. The summed E-state index contributed by atoms with van der Waals surface area (Å²) in [6, 6.07) is 4.50. The minimum absolute atomic E-state index is 0.0689. The van der Waals surface area contributed by atoms with E-state index < -0.39 is 10.9 Å². The van der Waals surface area contributed by atoms with Gasteiger partial charge in [-0.05, 0) is 17.7 Å². The van der Waals surface area contributed by atoms with Crippen LogP contribution >= 0.6 is 0 Å². The molecular weight excluding hydrogens is 256 g/mol. The summed E-state index contributed by atoms with van der Waals surface area (Å²) < 4.78 is 0. The SMILES string of the molecule is O=C([O-])c1ccc([N+](=O)[O-])cc1.OCC[NH2+]CCO. The van der Waals surface area contributed by atoms with Gasteiger partial charge in [-0.2, -0.15) is 0 Å². The molecule has 0 unspecified atom stereocenters. The number of hydrogen-bond acceptors (Lipinski definition) is 6. The number of carbonyl (C=O) groups excluding carboxylic acids is 1. The largest absolute Gasteiger partial charge is 0.545 e. The molecule has 8 nitrogen and oxygen atoms in total. The van der Waals surface area contributed by atoms with E-state index in [0.717, 1.165) is 24.3 Å². The van der Waals surface area contributed by atoms with Crippen LogP contribution in [0.2, 0.25) is 0 Å². The number of benzene rings is 1. The van der Waals surface area contributed by atoms with Gasteiger partial charge in [0, 0.05) is 12.1 Å². The molecule has 0 atom stereocenters. The smallest absolute Gasteiger partial charge is 0.269 e. The number of nitrogens with zero attached hydrogens (tertiary/aromatic N) is 1. The first-order valence-electron chi connectivity index (χ1n) is 5.52. The van der Waals surface area contributed by atoms with Crippen molar-refractivity contribution < 1.29 is 30.4 Å². The van der Waals surface area contributed by atoms with Crippen LogP contribution in [0.25, 0.3) is 0 Å². The van der Waals surface area contributed by atoms with Crippen LogP contribution < -0.4 is 10.4 Å². The molecule has 0 saturated carbocycles. The third-order valence-corrected chi connectivity index (χ3v) is 1.98. The number of carboxylic acid groups (broad SMARTS) is 1. The maximum Gasteiger partial charge on any atom is 0.269 e. The van der Waals surface area contributed by atoms with Gasteiger partial charge in [0.15, 0.2) is 0 Å². The molecule has 0 bridgehead atoms. The number of hydrogen-bond donors (Lipinski definition) is 3. The minimum Gasteiger partial charge on any atom is -0.545 e. The van der Waals surface area contributed by atoms with E-state index in [9.17, 15) is 20.0 Å². The summed E-state index contributed by atoms with van der Waals surface area (Å²) >= 11 is 0. The molecule has 8 heteroatoms. The summed E-state index contributed by atoms with van der Waals surface area (Å²) in [7, 11) is 0. The first-order valence-corrected chi connectivity index (χ1v) is 5.52. The number of quaternary nitrogens is 1. The number of non-ortho nitro benzene ring substituents is 1. The number of nitro benzene ring substituents is 1. The van der Waals surface area contributed by atoms with Gasteiger partial charge in [0.25, 0.3) is 5.69 Å². The molecule has 0 amide bonds. The van der Waals surface area contributed by atoms with Gasteiger partial charge in [0.2, 0.25) is 0 Å². The highest BCUT2D eigenvalue weighted by atomic mass is 16.6. The van der Waals surface area contributed by atoms with Crippen molar-refractivity contribution in [3.63, 3.8) is 0 Å². The molecule has 4 N–H and O–H groups in total. The summed E-state index contributed by atoms with van der Waals surface area (Å²) in [5.41, 5.74) is -0.208. The molecular formula is C11H16N2O6. The van der Waals surface area contributed by atoms with Gasteiger partial charge < -0.3 is 25.4 Å². The second kappa shape index (κ2) is 9.95. The number of nitro groups is 1. The summed E-state index contributed by atoms with van der Waals surface area (Å²) in [5, 5.41) is 38.5. The topological polar surface area (TPSA) is 140 Å². The molecule has 0 heterocycles. The predicted molar refractivity (Wildman–Crippen MR) is 63.3 cm³/mol. The third kappa shape index (κ3) is 7.82. The standard InChI is InChI=1S/C7H5NO4.C4H11NO2/c9-7(10)5-1-3-6(4-2-5)8(11)12;6-3-1-5-2-4-7/h1-4H,(H,9,10);5-7H,1-4H2. The summed E-state index contributed by atoms with van der Waals surface area (Å²) in [6.45, 7) is 1.78. The maximum absolute atomic E-state index is 10.2. The summed E-state index contributed by atoms with van der Waals surface area (Å²) in [6.07, 6.45) is 0. The molecule has 0 saturated heterocycles. The highest BCUT2D eigenvalue weighted by Crippen LogP contribution is 2.10. The lowest BCUT2D eigenvalue weighted by Crippen LogP contribution is -2.85. The van der Waals surface area contributed by atoms with E-state index in [2.05, 4.69) is 0 Å². The van der Waals surface area contributed by atoms with Crippen molar-refractivity contribution in [1.82, 2.24) is 0 Å². The lowest BCUT2D eigenvalue weighted by Gasteiger charge is -1.99. The third-order valence-electron chi connectivity index (χ3n) is 1.98. The predicted octanol–water partition coefficient (Wildman–Crippen LogP) is -2.51. The van der Waals surface area contributed by atoms with Crippen LogP contribution in [0, 0.1) is 10.1 Å². The number of carboxylic acids is 1. The van der Waals surface area contributed by atoms with E-state index in [1.807, 2.05) is 5.32 Å². The van der Waals surface area contributed by atoms with Gasteiger partial charge in [0.05, 0.1) is 37.2 Å². The van der Waals surface area contributed by atoms with E-state index in [1.54, 1.807) is 0 Å². The zero-order valence-electron chi connectivity index (χ0n) is 10.2. The average molecular weight is 272 g/mol. The molecule has 106 valence electrons. The number of aromatic carboxylic acids is 1. The van der Waals surface area contributed by atoms with Crippen LogP contribution in [0.5, 0.6) is 0 Å². The Labute approximate surface area is 109 Å². The molecule has 1 rings (SSSR count). The van der Waals surface area contributed by atoms with Crippen molar-refractivity contribution in [2.24, 2.45) is 0 Å². The fourth-order valence-electron chi connectivity index (χ4n) is 1.05. The zero-order chi connectivity index (χ0) is 14.7. The second-order valence-corrected chi connectivity index (χ2v) is 3.40. The van der Waals surface area contributed by atoms with Crippen LogP contribution in [-0.4, -0.2) is 47.4 Å². The molecule has 0 aromatic heterocycles. The van der Waals surface area contributed by atoms with E-state index in [1.165, 1.54) is 0 Å². The van der Waals surface area contributed by atoms with Gasteiger partial charge in [0.1, 0.15) is 0 Å². The Bertz CT molecular complexity index is 356. The molecule has 0 spiro atoms. The van der Waals surface area contributed by atoms with Crippen LogP contribution in [-0.2, 0) is 0 Å². The van der Waals surface area contributed by atoms with Crippen molar-refractivity contribution in [2.75, 3.05) is 26.3 Å².